The van der Waals surface area contributed by atoms with Crippen LogP contribution in [-0.4, -0.2) is 28.5 Å². The van der Waals surface area contributed by atoms with Crippen LogP contribution in [0, 0.1) is 11.3 Å². The number of hydrogen-bond acceptors (Lipinski definition) is 2. The highest BCUT2D eigenvalue weighted by molar-refractivity contribution is 6.41. The van der Waals surface area contributed by atoms with Crippen LogP contribution in [0.3, 0.4) is 0 Å². The van der Waals surface area contributed by atoms with Crippen LogP contribution in [0.4, 0.5) is 0 Å². The van der Waals surface area contributed by atoms with Gasteiger partial charge in [0, 0.05) is 6.54 Å². The van der Waals surface area contributed by atoms with E-state index in [1.807, 2.05) is 0 Å². The lowest BCUT2D eigenvalue weighted by Crippen LogP contribution is -2.45. The van der Waals surface area contributed by atoms with Crippen LogP contribution in [-0.2, 0) is 4.79 Å². The molecule has 5 nitrogen and oxygen atoms in total. The van der Waals surface area contributed by atoms with Crippen LogP contribution >= 0.6 is 23.2 Å². The fraction of sp³-hybridized carbons (Fsp3) is 0.571. The molecule has 1 fully saturated rings. The van der Waals surface area contributed by atoms with E-state index in [0.29, 0.717) is 18.8 Å². The van der Waals surface area contributed by atoms with E-state index in [0.717, 1.165) is 12.8 Å². The Labute approximate surface area is 133 Å². The summed E-state index contributed by atoms with van der Waals surface area (Å²) < 4.78 is 0. The molecule has 1 amide bonds. The average molecular weight is 333 g/mol. The van der Waals surface area contributed by atoms with Crippen LogP contribution < -0.4 is 5.32 Å². The van der Waals surface area contributed by atoms with E-state index in [1.165, 1.54) is 6.07 Å². The van der Waals surface area contributed by atoms with Crippen molar-refractivity contribution in [2.24, 2.45) is 11.3 Å². The van der Waals surface area contributed by atoms with Gasteiger partial charge in [-0.3, -0.25) is 9.59 Å². The third-order valence-electron chi connectivity index (χ3n) is 4.24. The van der Waals surface area contributed by atoms with Gasteiger partial charge in [-0.25, -0.2) is 0 Å². The van der Waals surface area contributed by atoms with E-state index in [9.17, 15) is 14.7 Å². The zero-order valence-corrected chi connectivity index (χ0v) is 13.2. The van der Waals surface area contributed by atoms with Gasteiger partial charge in [-0.2, -0.15) is 0 Å². The maximum absolute atomic E-state index is 12.0. The first-order chi connectivity index (χ1) is 9.84. The fourth-order valence-corrected chi connectivity index (χ4v) is 2.96. The first-order valence-electron chi connectivity index (χ1n) is 6.90. The Morgan fingerprint density at radius 3 is 2.52 bits per heavy atom. The van der Waals surface area contributed by atoms with Gasteiger partial charge in [-0.15, -0.1) is 0 Å². The molecule has 1 saturated carbocycles. The van der Waals surface area contributed by atoms with Gasteiger partial charge in [-0.05, 0) is 37.7 Å². The quantitative estimate of drug-likeness (QED) is 0.790. The first-order valence-corrected chi connectivity index (χ1v) is 7.65. The number of halogens is 2. The summed E-state index contributed by atoms with van der Waals surface area (Å²) in [5.74, 6) is -0.713. The van der Waals surface area contributed by atoms with Crippen LogP contribution in [0.25, 0.3) is 0 Å². The van der Waals surface area contributed by atoms with E-state index in [1.54, 1.807) is 0 Å². The molecule has 0 aromatic carbocycles. The van der Waals surface area contributed by atoms with E-state index >= 15 is 0 Å². The standard InChI is InChI=1S/C14H18Cl2N2O3/c1-8-2-4-14(5-3-8,13(20)21)7-17-12(19)10-6-9(15)11(16)18-10/h6,8,18H,2-5,7H2,1H3,(H,17,19)(H,20,21). The normalized spacial score (nSPS) is 25.6. The highest BCUT2D eigenvalue weighted by Crippen LogP contribution is 2.38. The van der Waals surface area contributed by atoms with Gasteiger partial charge in [0.15, 0.2) is 0 Å². The molecule has 0 atom stereocenters. The third-order valence-corrected chi connectivity index (χ3v) is 4.94. The van der Waals surface area contributed by atoms with E-state index in [-0.39, 0.29) is 22.4 Å². The Balaban J connectivity index is 2.02. The van der Waals surface area contributed by atoms with Crippen molar-refractivity contribution < 1.29 is 14.7 Å². The van der Waals surface area contributed by atoms with Crippen molar-refractivity contribution in [2.45, 2.75) is 32.6 Å². The van der Waals surface area contributed by atoms with Crippen LogP contribution in [0.1, 0.15) is 43.1 Å². The second kappa shape index (κ2) is 6.28. The van der Waals surface area contributed by atoms with Crippen molar-refractivity contribution in [1.82, 2.24) is 10.3 Å². The lowest BCUT2D eigenvalue weighted by atomic mass is 9.71. The second-order valence-electron chi connectivity index (χ2n) is 5.80. The molecular formula is C14H18Cl2N2O3. The summed E-state index contributed by atoms with van der Waals surface area (Å²) in [7, 11) is 0. The largest absolute Gasteiger partial charge is 0.481 e. The minimum atomic E-state index is -0.873. The van der Waals surface area contributed by atoms with Crippen LogP contribution in [0.15, 0.2) is 6.07 Å². The molecule has 2 rings (SSSR count). The molecule has 7 heteroatoms. The molecular weight excluding hydrogens is 315 g/mol. The molecule has 0 unspecified atom stereocenters. The molecule has 0 radical (unpaired) electrons. The Hall–Kier alpha value is -1.20. The molecule has 1 heterocycles. The van der Waals surface area contributed by atoms with Gasteiger partial charge in [0.1, 0.15) is 10.8 Å². The number of H-pyrrole nitrogens is 1. The van der Waals surface area contributed by atoms with Crippen molar-refractivity contribution in [3.63, 3.8) is 0 Å². The number of rotatable bonds is 4. The number of aliphatic carboxylic acids is 1. The Morgan fingerprint density at radius 1 is 1.43 bits per heavy atom. The SMILES string of the molecule is CC1CCC(CNC(=O)c2cc(Cl)c(Cl)[nH]2)(C(=O)O)CC1. The van der Waals surface area contributed by atoms with Crippen molar-refractivity contribution in [3.05, 3.63) is 21.9 Å². The van der Waals surface area contributed by atoms with Crippen LogP contribution in [0.2, 0.25) is 10.2 Å². The molecule has 1 aliphatic carbocycles. The summed E-state index contributed by atoms with van der Waals surface area (Å²) in [5, 5.41) is 12.6. The molecule has 21 heavy (non-hydrogen) atoms. The summed E-state index contributed by atoms with van der Waals surface area (Å²) in [6, 6.07) is 1.43. The Kier molecular flexibility index (Phi) is 4.84. The number of carbonyl (C=O) groups excluding carboxylic acids is 1. The van der Waals surface area contributed by atoms with Crippen molar-refractivity contribution in [3.8, 4) is 0 Å². The lowest BCUT2D eigenvalue weighted by molar-refractivity contribution is -0.151. The molecule has 0 aliphatic heterocycles. The van der Waals surface area contributed by atoms with Crippen LogP contribution in [0.5, 0.6) is 0 Å². The number of carboxylic acid groups (broad SMARTS) is 1. The van der Waals surface area contributed by atoms with Gasteiger partial charge in [0.2, 0.25) is 0 Å². The first kappa shape index (κ1) is 16.2. The number of amides is 1. The zero-order valence-electron chi connectivity index (χ0n) is 11.7. The molecule has 116 valence electrons. The van der Waals surface area contributed by atoms with Gasteiger partial charge in [0.05, 0.1) is 10.4 Å². The second-order valence-corrected chi connectivity index (χ2v) is 6.58. The van der Waals surface area contributed by atoms with Gasteiger partial charge >= 0.3 is 5.97 Å². The highest BCUT2D eigenvalue weighted by Gasteiger charge is 2.41. The maximum Gasteiger partial charge on any atom is 0.311 e. The molecule has 0 saturated heterocycles. The zero-order chi connectivity index (χ0) is 15.6. The van der Waals surface area contributed by atoms with E-state index in [2.05, 4.69) is 17.2 Å². The lowest BCUT2D eigenvalue weighted by Gasteiger charge is -2.35. The monoisotopic (exact) mass is 332 g/mol. The summed E-state index contributed by atoms with van der Waals surface area (Å²) in [6.45, 7) is 2.23. The van der Waals surface area contributed by atoms with Gasteiger partial charge in [-0.1, -0.05) is 30.1 Å². The molecule has 1 aromatic heterocycles. The topological polar surface area (TPSA) is 82.2 Å². The molecule has 1 aliphatic rings. The summed E-state index contributed by atoms with van der Waals surface area (Å²) in [4.78, 5) is 26.3. The predicted octanol–water partition coefficient (Wildman–Crippen LogP) is 3.33. The highest BCUT2D eigenvalue weighted by atomic mass is 35.5. The number of aromatic nitrogens is 1. The fourth-order valence-electron chi connectivity index (χ4n) is 2.65. The molecule has 3 N–H and O–H groups in total. The predicted molar refractivity (Wildman–Crippen MR) is 80.8 cm³/mol. The smallest absolute Gasteiger partial charge is 0.311 e. The van der Waals surface area contributed by atoms with Crippen molar-refractivity contribution in [1.29, 1.82) is 0 Å². The average Bonchev–Trinajstić information content (AvgIpc) is 2.78. The number of hydrogen-bond donors (Lipinski definition) is 3. The number of aromatic amines is 1. The third kappa shape index (κ3) is 3.52. The van der Waals surface area contributed by atoms with Gasteiger partial charge in [0.25, 0.3) is 5.91 Å². The molecule has 0 spiro atoms. The minimum absolute atomic E-state index is 0.113. The Morgan fingerprint density at radius 2 is 2.05 bits per heavy atom. The summed E-state index contributed by atoms with van der Waals surface area (Å²) in [6.07, 6.45) is 2.89. The molecule has 0 bridgehead atoms. The summed E-state index contributed by atoms with van der Waals surface area (Å²) >= 11 is 11.5. The minimum Gasteiger partial charge on any atom is -0.481 e. The number of nitrogens with one attached hydrogen (secondary N) is 2. The van der Waals surface area contributed by atoms with E-state index < -0.39 is 17.3 Å². The number of carboxylic acids is 1. The Bertz CT molecular complexity index is 529. The van der Waals surface area contributed by atoms with Gasteiger partial charge < -0.3 is 15.4 Å². The van der Waals surface area contributed by atoms with Crippen molar-refractivity contribution >= 4 is 35.1 Å². The number of carbonyl (C=O) groups is 2. The van der Waals surface area contributed by atoms with E-state index in [4.69, 9.17) is 23.2 Å². The summed E-state index contributed by atoms with van der Waals surface area (Å²) in [5.41, 5.74) is -0.641. The molecule has 1 aromatic rings. The maximum atomic E-state index is 12.0. The van der Waals surface area contributed by atoms with Crippen molar-refractivity contribution in [2.75, 3.05) is 6.54 Å².